The molecule has 1 amide bonds. The molecule has 2 rings (SSSR count). The molecule has 20 heavy (non-hydrogen) atoms. The highest BCUT2D eigenvalue weighted by Gasteiger charge is 2.19. The van der Waals surface area contributed by atoms with Gasteiger partial charge in [-0.2, -0.15) is 5.10 Å². The van der Waals surface area contributed by atoms with Crippen LogP contribution in [0, 0.1) is 0 Å². The van der Waals surface area contributed by atoms with Crippen molar-refractivity contribution in [3.63, 3.8) is 0 Å². The summed E-state index contributed by atoms with van der Waals surface area (Å²) in [6.07, 6.45) is 1.70. The quantitative estimate of drug-likeness (QED) is 0.938. The first-order chi connectivity index (χ1) is 9.52. The van der Waals surface area contributed by atoms with E-state index in [4.69, 9.17) is 16.7 Å². The topological polar surface area (TPSA) is 58.4 Å². The van der Waals surface area contributed by atoms with Crippen molar-refractivity contribution in [3.8, 4) is 5.69 Å². The fraction of sp³-hybridized carbons (Fsp3) is 0.286. The summed E-state index contributed by atoms with van der Waals surface area (Å²) in [5.41, 5.74) is 1.11. The van der Waals surface area contributed by atoms with Gasteiger partial charge in [0, 0.05) is 18.3 Å². The van der Waals surface area contributed by atoms with Crippen LogP contribution in [-0.4, -0.2) is 45.4 Å². The van der Waals surface area contributed by atoms with Gasteiger partial charge in [-0.05, 0) is 31.2 Å². The second kappa shape index (κ2) is 6.07. The van der Waals surface area contributed by atoms with Gasteiger partial charge in [0.1, 0.15) is 0 Å². The number of hydrogen-bond acceptors (Lipinski definition) is 3. The Morgan fingerprint density at radius 3 is 2.90 bits per heavy atom. The lowest BCUT2D eigenvalue weighted by Crippen LogP contribution is -2.37. The summed E-state index contributed by atoms with van der Waals surface area (Å²) in [5, 5.41) is 13.9. The molecule has 1 aromatic carbocycles. The van der Waals surface area contributed by atoms with Crippen LogP contribution in [0.15, 0.2) is 36.5 Å². The first kappa shape index (κ1) is 14.6. The molecule has 6 heteroatoms. The molecular formula is C14H16ClN3O2. The Morgan fingerprint density at radius 1 is 1.50 bits per heavy atom. The van der Waals surface area contributed by atoms with E-state index in [0.29, 0.717) is 10.7 Å². The van der Waals surface area contributed by atoms with Crippen LogP contribution in [0.25, 0.3) is 5.69 Å². The SMILES string of the molecule is CC(CO)N(C)C(=O)c1ccn(-c2cccc(Cl)c2)n1. The largest absolute Gasteiger partial charge is 0.394 e. The lowest BCUT2D eigenvalue weighted by atomic mass is 10.3. The fourth-order valence-corrected chi connectivity index (χ4v) is 1.89. The zero-order valence-electron chi connectivity index (χ0n) is 11.3. The van der Waals surface area contributed by atoms with Crippen molar-refractivity contribution in [1.29, 1.82) is 0 Å². The van der Waals surface area contributed by atoms with Crippen LogP contribution in [-0.2, 0) is 0 Å². The predicted octanol–water partition coefficient (Wildman–Crippen LogP) is 1.98. The molecule has 1 aromatic heterocycles. The minimum Gasteiger partial charge on any atom is -0.394 e. The summed E-state index contributed by atoms with van der Waals surface area (Å²) in [4.78, 5) is 13.6. The number of aliphatic hydroxyl groups is 1. The second-order valence-electron chi connectivity index (χ2n) is 4.57. The number of carbonyl (C=O) groups is 1. The van der Waals surface area contributed by atoms with Gasteiger partial charge in [-0.3, -0.25) is 4.79 Å². The predicted molar refractivity (Wildman–Crippen MR) is 77.2 cm³/mol. The maximum Gasteiger partial charge on any atom is 0.274 e. The molecule has 0 aliphatic rings. The van der Waals surface area contributed by atoms with Crippen molar-refractivity contribution in [3.05, 3.63) is 47.2 Å². The zero-order valence-corrected chi connectivity index (χ0v) is 12.1. The first-order valence-electron chi connectivity index (χ1n) is 6.22. The van der Waals surface area contributed by atoms with Gasteiger partial charge in [-0.1, -0.05) is 17.7 Å². The summed E-state index contributed by atoms with van der Waals surface area (Å²) >= 11 is 5.93. The Bertz CT molecular complexity index is 612. The van der Waals surface area contributed by atoms with Crippen LogP contribution in [0.5, 0.6) is 0 Å². The van der Waals surface area contributed by atoms with Crippen LogP contribution >= 0.6 is 11.6 Å². The lowest BCUT2D eigenvalue weighted by molar-refractivity contribution is 0.0676. The van der Waals surface area contributed by atoms with E-state index in [1.807, 2.05) is 12.1 Å². The van der Waals surface area contributed by atoms with E-state index in [0.717, 1.165) is 5.69 Å². The van der Waals surface area contributed by atoms with Gasteiger partial charge < -0.3 is 10.0 Å². The number of carbonyl (C=O) groups excluding carboxylic acids is 1. The average Bonchev–Trinajstić information content (AvgIpc) is 2.94. The number of rotatable bonds is 4. The Labute approximate surface area is 122 Å². The van der Waals surface area contributed by atoms with Gasteiger partial charge in [-0.25, -0.2) is 4.68 Å². The number of nitrogens with zero attached hydrogens (tertiary/aromatic N) is 3. The van der Waals surface area contributed by atoms with E-state index in [1.54, 1.807) is 43.0 Å². The Hall–Kier alpha value is -1.85. The average molecular weight is 294 g/mol. The number of aliphatic hydroxyl groups excluding tert-OH is 1. The lowest BCUT2D eigenvalue weighted by Gasteiger charge is -2.21. The molecule has 1 heterocycles. The van der Waals surface area contributed by atoms with Crippen LogP contribution in [0.3, 0.4) is 0 Å². The van der Waals surface area contributed by atoms with Gasteiger partial charge in [0.05, 0.1) is 18.3 Å². The molecule has 0 fully saturated rings. The molecule has 0 aliphatic carbocycles. The van der Waals surface area contributed by atoms with Gasteiger partial charge in [-0.15, -0.1) is 0 Å². The van der Waals surface area contributed by atoms with E-state index >= 15 is 0 Å². The molecule has 1 atom stereocenters. The summed E-state index contributed by atoms with van der Waals surface area (Å²) in [7, 11) is 1.64. The number of hydrogen-bond donors (Lipinski definition) is 1. The highest BCUT2D eigenvalue weighted by Crippen LogP contribution is 2.15. The van der Waals surface area contributed by atoms with Gasteiger partial charge in [0.15, 0.2) is 5.69 Å². The van der Waals surface area contributed by atoms with Crippen LogP contribution < -0.4 is 0 Å². The monoisotopic (exact) mass is 293 g/mol. The first-order valence-corrected chi connectivity index (χ1v) is 6.60. The minimum atomic E-state index is -0.251. The smallest absolute Gasteiger partial charge is 0.274 e. The van der Waals surface area contributed by atoms with Crippen molar-refractivity contribution >= 4 is 17.5 Å². The molecule has 1 N–H and O–H groups in total. The minimum absolute atomic E-state index is 0.0861. The summed E-state index contributed by atoms with van der Waals surface area (Å²) in [6.45, 7) is 1.68. The standard InChI is InChI=1S/C14H16ClN3O2/c1-10(9-19)17(2)14(20)13-6-7-18(16-13)12-5-3-4-11(15)8-12/h3-8,10,19H,9H2,1-2H3. The molecular weight excluding hydrogens is 278 g/mol. The zero-order chi connectivity index (χ0) is 14.7. The highest BCUT2D eigenvalue weighted by molar-refractivity contribution is 6.30. The maximum absolute atomic E-state index is 12.2. The van der Waals surface area contributed by atoms with Crippen LogP contribution in [0.4, 0.5) is 0 Å². The molecule has 106 valence electrons. The van der Waals surface area contributed by atoms with Crippen LogP contribution in [0.2, 0.25) is 5.02 Å². The van der Waals surface area contributed by atoms with Gasteiger partial charge in [0.25, 0.3) is 5.91 Å². The van der Waals surface area contributed by atoms with E-state index < -0.39 is 0 Å². The molecule has 0 spiro atoms. The molecule has 1 unspecified atom stereocenters. The van der Waals surface area contributed by atoms with Crippen molar-refractivity contribution < 1.29 is 9.90 Å². The molecule has 0 aliphatic heterocycles. The number of benzene rings is 1. The number of halogens is 1. The Balaban J connectivity index is 2.23. The number of aromatic nitrogens is 2. The second-order valence-corrected chi connectivity index (χ2v) is 5.01. The van der Waals surface area contributed by atoms with E-state index in [-0.39, 0.29) is 18.6 Å². The summed E-state index contributed by atoms with van der Waals surface area (Å²) < 4.78 is 1.59. The normalized spacial score (nSPS) is 12.2. The molecule has 2 aromatic rings. The molecule has 0 radical (unpaired) electrons. The third kappa shape index (κ3) is 3.00. The molecule has 0 bridgehead atoms. The number of amides is 1. The van der Waals surface area contributed by atoms with E-state index in [9.17, 15) is 4.79 Å². The number of likely N-dealkylation sites (N-methyl/N-ethyl adjacent to an activating group) is 1. The fourth-order valence-electron chi connectivity index (χ4n) is 1.70. The van der Waals surface area contributed by atoms with Crippen molar-refractivity contribution in [2.24, 2.45) is 0 Å². The van der Waals surface area contributed by atoms with Crippen molar-refractivity contribution in [2.75, 3.05) is 13.7 Å². The summed E-state index contributed by atoms with van der Waals surface area (Å²) in [5.74, 6) is -0.229. The van der Waals surface area contributed by atoms with Gasteiger partial charge in [0.2, 0.25) is 0 Å². The van der Waals surface area contributed by atoms with Crippen molar-refractivity contribution in [2.45, 2.75) is 13.0 Å². The van der Waals surface area contributed by atoms with Crippen LogP contribution in [0.1, 0.15) is 17.4 Å². The summed E-state index contributed by atoms with van der Waals surface area (Å²) in [6, 6.07) is 8.61. The molecule has 5 nitrogen and oxygen atoms in total. The Morgan fingerprint density at radius 2 is 2.25 bits per heavy atom. The molecule has 0 saturated carbocycles. The highest BCUT2D eigenvalue weighted by atomic mass is 35.5. The maximum atomic E-state index is 12.2. The van der Waals surface area contributed by atoms with E-state index in [1.165, 1.54) is 4.90 Å². The third-order valence-corrected chi connectivity index (χ3v) is 3.36. The van der Waals surface area contributed by atoms with Gasteiger partial charge >= 0.3 is 0 Å². The van der Waals surface area contributed by atoms with E-state index in [2.05, 4.69) is 5.10 Å². The third-order valence-electron chi connectivity index (χ3n) is 3.13. The van der Waals surface area contributed by atoms with Crippen molar-refractivity contribution in [1.82, 2.24) is 14.7 Å². The molecule has 0 saturated heterocycles. The Kier molecular flexibility index (Phi) is 4.42.